The van der Waals surface area contributed by atoms with Crippen molar-refractivity contribution in [2.75, 3.05) is 6.61 Å². The van der Waals surface area contributed by atoms with Crippen LogP contribution in [0.1, 0.15) is 22.3 Å². The molecule has 5 nitrogen and oxygen atoms in total. The Morgan fingerprint density at radius 2 is 1.91 bits per heavy atom. The predicted octanol–water partition coefficient (Wildman–Crippen LogP) is 2.59. The molecule has 0 saturated heterocycles. The number of hydroxylamine groups is 1. The minimum absolute atomic E-state index is 0.0321. The van der Waals surface area contributed by atoms with Gasteiger partial charge in [-0.25, -0.2) is 5.48 Å². The van der Waals surface area contributed by atoms with Crippen LogP contribution in [0.4, 0.5) is 0 Å². The first-order valence-electron chi connectivity index (χ1n) is 7.02. The molecule has 1 unspecified atom stereocenters. The lowest BCUT2D eigenvalue weighted by Gasteiger charge is -2.26. The Labute approximate surface area is 128 Å². The summed E-state index contributed by atoms with van der Waals surface area (Å²) in [7, 11) is 0. The van der Waals surface area contributed by atoms with Crippen LogP contribution in [0.3, 0.4) is 0 Å². The van der Waals surface area contributed by atoms with Crippen LogP contribution in [0.5, 0.6) is 11.5 Å². The number of para-hydroxylation sites is 2. The molecule has 5 heteroatoms. The van der Waals surface area contributed by atoms with Gasteiger partial charge in [0.1, 0.15) is 12.7 Å². The van der Waals surface area contributed by atoms with Crippen LogP contribution in [0.25, 0.3) is 0 Å². The van der Waals surface area contributed by atoms with Crippen molar-refractivity contribution in [3.05, 3.63) is 66.1 Å². The zero-order chi connectivity index (χ0) is 15.4. The van der Waals surface area contributed by atoms with E-state index in [-0.39, 0.29) is 6.10 Å². The second-order valence-electron chi connectivity index (χ2n) is 5.00. The fraction of sp³-hybridized carbons (Fsp3) is 0.176. The zero-order valence-corrected chi connectivity index (χ0v) is 11.9. The number of rotatable bonds is 4. The van der Waals surface area contributed by atoms with Gasteiger partial charge < -0.3 is 9.47 Å². The Morgan fingerprint density at radius 3 is 2.64 bits per heavy atom. The summed E-state index contributed by atoms with van der Waals surface area (Å²) < 4.78 is 11.5. The SMILES string of the molecule is O=C(NO)c1ccc([CH]CC2COc3ccccc3O2)cc1. The van der Waals surface area contributed by atoms with Crippen molar-refractivity contribution >= 4 is 5.91 Å². The number of nitrogens with one attached hydrogen (secondary N) is 1. The fourth-order valence-electron chi connectivity index (χ4n) is 2.28. The van der Waals surface area contributed by atoms with Crippen molar-refractivity contribution in [2.24, 2.45) is 0 Å². The van der Waals surface area contributed by atoms with Crippen molar-refractivity contribution in [3.8, 4) is 11.5 Å². The van der Waals surface area contributed by atoms with Crippen LogP contribution in [0.15, 0.2) is 48.5 Å². The topological polar surface area (TPSA) is 67.8 Å². The molecule has 2 aromatic rings. The van der Waals surface area contributed by atoms with Crippen LogP contribution in [0, 0.1) is 6.42 Å². The second-order valence-corrected chi connectivity index (χ2v) is 5.00. The van der Waals surface area contributed by atoms with Crippen LogP contribution < -0.4 is 15.0 Å². The van der Waals surface area contributed by atoms with Crippen molar-refractivity contribution in [3.63, 3.8) is 0 Å². The summed E-state index contributed by atoms with van der Waals surface area (Å²) in [4.78, 5) is 11.2. The van der Waals surface area contributed by atoms with E-state index in [0.717, 1.165) is 17.1 Å². The maximum absolute atomic E-state index is 11.2. The van der Waals surface area contributed by atoms with E-state index in [2.05, 4.69) is 0 Å². The Morgan fingerprint density at radius 1 is 1.18 bits per heavy atom. The lowest BCUT2D eigenvalue weighted by Crippen LogP contribution is -2.29. The maximum atomic E-state index is 11.2. The van der Waals surface area contributed by atoms with Gasteiger partial charge in [-0.2, -0.15) is 0 Å². The average Bonchev–Trinajstić information content (AvgIpc) is 2.59. The van der Waals surface area contributed by atoms with Crippen molar-refractivity contribution in [2.45, 2.75) is 12.5 Å². The van der Waals surface area contributed by atoms with Gasteiger partial charge in [-0.3, -0.25) is 10.0 Å². The average molecular weight is 298 g/mol. The van der Waals surface area contributed by atoms with E-state index < -0.39 is 5.91 Å². The molecule has 1 aliphatic heterocycles. The standard InChI is InChI=1S/C17H16NO4/c19-17(18-20)13-8-5-12(6-9-13)7-10-14-11-21-15-3-1-2-4-16(15)22-14/h1-9,14,20H,10-11H2,(H,18,19). The summed E-state index contributed by atoms with van der Waals surface area (Å²) in [6, 6.07) is 14.6. The number of hydrogen-bond acceptors (Lipinski definition) is 4. The summed E-state index contributed by atoms with van der Waals surface area (Å²) in [5.74, 6) is 1.02. The van der Waals surface area contributed by atoms with E-state index in [1.54, 1.807) is 17.6 Å². The third-order valence-electron chi connectivity index (χ3n) is 3.46. The minimum atomic E-state index is -0.521. The molecule has 1 atom stereocenters. The number of benzene rings is 2. The lowest BCUT2D eigenvalue weighted by atomic mass is 10.0. The molecule has 1 amide bonds. The molecule has 0 aromatic heterocycles. The van der Waals surface area contributed by atoms with Crippen molar-refractivity contribution in [1.29, 1.82) is 0 Å². The third kappa shape index (κ3) is 3.20. The number of carbonyl (C=O) groups is 1. The van der Waals surface area contributed by atoms with Crippen LogP contribution in [0.2, 0.25) is 0 Å². The highest BCUT2D eigenvalue weighted by Gasteiger charge is 2.20. The highest BCUT2D eigenvalue weighted by atomic mass is 16.6. The summed E-state index contributed by atoms with van der Waals surface area (Å²) in [6.45, 7) is 0.512. The fourth-order valence-corrected chi connectivity index (χ4v) is 2.28. The number of amides is 1. The van der Waals surface area contributed by atoms with Gasteiger partial charge >= 0.3 is 0 Å². The molecule has 2 N–H and O–H groups in total. The second kappa shape index (κ2) is 6.49. The Hall–Kier alpha value is -2.53. The molecule has 1 aliphatic rings. The van der Waals surface area contributed by atoms with Gasteiger partial charge in [0.05, 0.1) is 0 Å². The zero-order valence-electron chi connectivity index (χ0n) is 11.9. The van der Waals surface area contributed by atoms with Crippen LogP contribution in [-0.4, -0.2) is 23.8 Å². The van der Waals surface area contributed by atoms with E-state index in [1.165, 1.54) is 0 Å². The van der Waals surface area contributed by atoms with Crippen molar-refractivity contribution in [1.82, 2.24) is 5.48 Å². The number of fused-ring (bicyclic) bond motifs is 1. The summed E-state index contributed by atoms with van der Waals surface area (Å²) in [6.07, 6.45) is 2.71. The predicted molar refractivity (Wildman–Crippen MR) is 80.1 cm³/mol. The van der Waals surface area contributed by atoms with Crippen LogP contribution in [-0.2, 0) is 0 Å². The molecule has 2 aromatic carbocycles. The minimum Gasteiger partial charge on any atom is -0.486 e. The molecule has 1 heterocycles. The quantitative estimate of drug-likeness (QED) is 0.672. The van der Waals surface area contributed by atoms with E-state index in [4.69, 9.17) is 14.7 Å². The molecule has 113 valence electrons. The van der Waals surface area contributed by atoms with E-state index >= 15 is 0 Å². The summed E-state index contributed by atoms with van der Waals surface area (Å²) >= 11 is 0. The lowest BCUT2D eigenvalue weighted by molar-refractivity contribution is 0.0706. The van der Waals surface area contributed by atoms with Gasteiger partial charge in [0, 0.05) is 5.56 Å². The number of hydrogen-bond donors (Lipinski definition) is 2. The normalized spacial score (nSPS) is 16.1. The molecule has 3 rings (SSSR count). The molecule has 0 aliphatic carbocycles. The first-order chi connectivity index (χ1) is 10.8. The van der Waals surface area contributed by atoms with E-state index in [9.17, 15) is 4.79 Å². The number of carbonyl (C=O) groups excluding carboxylic acids is 1. The molecule has 22 heavy (non-hydrogen) atoms. The van der Waals surface area contributed by atoms with E-state index in [0.29, 0.717) is 18.6 Å². The van der Waals surface area contributed by atoms with Gasteiger partial charge in [0.15, 0.2) is 11.5 Å². The van der Waals surface area contributed by atoms with Gasteiger partial charge in [0.2, 0.25) is 0 Å². The molecule has 1 radical (unpaired) electrons. The Kier molecular flexibility index (Phi) is 4.25. The van der Waals surface area contributed by atoms with Gasteiger partial charge in [-0.15, -0.1) is 0 Å². The number of ether oxygens (including phenoxy) is 2. The first-order valence-corrected chi connectivity index (χ1v) is 7.02. The van der Waals surface area contributed by atoms with Gasteiger partial charge in [-0.05, 0) is 42.7 Å². The van der Waals surface area contributed by atoms with Crippen LogP contribution >= 0.6 is 0 Å². The molecule has 0 bridgehead atoms. The first kappa shape index (κ1) is 14.4. The molecular weight excluding hydrogens is 282 g/mol. The maximum Gasteiger partial charge on any atom is 0.274 e. The molecular formula is C17H16NO4. The highest BCUT2D eigenvalue weighted by Crippen LogP contribution is 2.32. The smallest absolute Gasteiger partial charge is 0.274 e. The molecule has 0 saturated carbocycles. The van der Waals surface area contributed by atoms with Gasteiger partial charge in [-0.1, -0.05) is 24.3 Å². The molecule has 0 fully saturated rings. The van der Waals surface area contributed by atoms with Gasteiger partial charge in [0.25, 0.3) is 5.91 Å². The Balaban J connectivity index is 1.56. The monoisotopic (exact) mass is 298 g/mol. The third-order valence-corrected chi connectivity index (χ3v) is 3.46. The summed E-state index contributed by atoms with van der Waals surface area (Å²) in [5, 5.41) is 8.57. The van der Waals surface area contributed by atoms with Crippen molar-refractivity contribution < 1.29 is 19.5 Å². The summed E-state index contributed by atoms with van der Waals surface area (Å²) in [5.41, 5.74) is 3.00. The largest absolute Gasteiger partial charge is 0.486 e. The van der Waals surface area contributed by atoms with E-state index in [1.807, 2.05) is 42.8 Å². The Bertz CT molecular complexity index is 654. The highest BCUT2D eigenvalue weighted by molar-refractivity contribution is 5.93. The molecule has 0 spiro atoms.